The number of ether oxygens (including phenoxy) is 2. The third-order valence-corrected chi connectivity index (χ3v) is 3.50. The van der Waals surface area contributed by atoms with Gasteiger partial charge in [-0.2, -0.15) is 0 Å². The number of carbonyl (C=O) groups excluding carboxylic acids is 1. The molecule has 0 aromatic carbocycles. The smallest absolute Gasteiger partial charge is 0.410 e. The van der Waals surface area contributed by atoms with Crippen molar-refractivity contribution in [3.05, 3.63) is 0 Å². The normalized spacial score (nSPS) is 21.6. The summed E-state index contributed by atoms with van der Waals surface area (Å²) in [6, 6.07) is 0.406. The Morgan fingerprint density at radius 2 is 1.95 bits per heavy atom. The molecule has 116 valence electrons. The zero-order valence-electron chi connectivity index (χ0n) is 12.9. The molecule has 0 saturated carbocycles. The highest BCUT2D eigenvalue weighted by molar-refractivity contribution is 5.69. The number of nitrogens with one attached hydrogen (secondary N) is 1. The molecule has 2 aliphatic rings. The average Bonchev–Trinajstić information content (AvgIpc) is 2.31. The van der Waals surface area contributed by atoms with Gasteiger partial charge < -0.3 is 19.7 Å². The van der Waals surface area contributed by atoms with E-state index < -0.39 is 5.60 Å². The third-order valence-electron chi connectivity index (χ3n) is 3.50. The molecule has 0 aromatic rings. The number of amides is 1. The maximum Gasteiger partial charge on any atom is 0.410 e. The maximum absolute atomic E-state index is 11.8. The lowest BCUT2D eigenvalue weighted by molar-refractivity contribution is 0.00431. The molecule has 0 aliphatic carbocycles. The zero-order valence-corrected chi connectivity index (χ0v) is 12.9. The van der Waals surface area contributed by atoms with Crippen LogP contribution in [0.15, 0.2) is 0 Å². The SMILES string of the molecule is CC(C)(C)OC(=O)N1CC(NCCN2CCOCC2)C1. The van der Waals surface area contributed by atoms with Crippen molar-refractivity contribution in [2.24, 2.45) is 0 Å². The Labute approximate surface area is 121 Å². The van der Waals surface area contributed by atoms with Crippen molar-refractivity contribution in [2.75, 3.05) is 52.5 Å². The van der Waals surface area contributed by atoms with Crippen molar-refractivity contribution >= 4 is 6.09 Å². The first kappa shape index (κ1) is 15.5. The molecule has 20 heavy (non-hydrogen) atoms. The molecule has 0 aromatic heterocycles. The van der Waals surface area contributed by atoms with E-state index in [0.717, 1.165) is 52.5 Å². The molecule has 6 nitrogen and oxygen atoms in total. The molecule has 0 unspecified atom stereocenters. The van der Waals surface area contributed by atoms with Gasteiger partial charge in [0, 0.05) is 45.3 Å². The molecule has 2 aliphatic heterocycles. The summed E-state index contributed by atoms with van der Waals surface area (Å²) in [5.41, 5.74) is -0.411. The second-order valence-electron chi connectivity index (χ2n) is 6.49. The van der Waals surface area contributed by atoms with E-state index in [2.05, 4.69) is 10.2 Å². The van der Waals surface area contributed by atoms with Gasteiger partial charge in [0.05, 0.1) is 13.2 Å². The molecule has 1 N–H and O–H groups in total. The fourth-order valence-electron chi connectivity index (χ4n) is 2.33. The van der Waals surface area contributed by atoms with E-state index >= 15 is 0 Å². The van der Waals surface area contributed by atoms with Gasteiger partial charge in [-0.3, -0.25) is 4.90 Å². The molecular formula is C14H27N3O3. The van der Waals surface area contributed by atoms with E-state index in [0.29, 0.717) is 6.04 Å². The van der Waals surface area contributed by atoms with E-state index in [1.54, 1.807) is 4.90 Å². The fourth-order valence-corrected chi connectivity index (χ4v) is 2.33. The lowest BCUT2D eigenvalue weighted by Crippen LogP contribution is -2.61. The summed E-state index contributed by atoms with van der Waals surface area (Å²) in [4.78, 5) is 15.9. The van der Waals surface area contributed by atoms with Gasteiger partial charge in [0.1, 0.15) is 5.60 Å². The molecule has 0 bridgehead atoms. The number of rotatable bonds is 4. The van der Waals surface area contributed by atoms with Crippen molar-refractivity contribution in [3.8, 4) is 0 Å². The molecule has 6 heteroatoms. The van der Waals surface area contributed by atoms with Gasteiger partial charge in [0.25, 0.3) is 0 Å². The average molecular weight is 285 g/mol. The monoisotopic (exact) mass is 285 g/mol. The highest BCUT2D eigenvalue weighted by Crippen LogP contribution is 2.15. The summed E-state index contributed by atoms with van der Waals surface area (Å²) in [6.07, 6.45) is -0.205. The van der Waals surface area contributed by atoms with E-state index in [1.807, 2.05) is 20.8 Å². The van der Waals surface area contributed by atoms with Crippen molar-refractivity contribution < 1.29 is 14.3 Å². The van der Waals surface area contributed by atoms with E-state index in [9.17, 15) is 4.79 Å². The highest BCUT2D eigenvalue weighted by Gasteiger charge is 2.33. The molecule has 2 fully saturated rings. The van der Waals surface area contributed by atoms with Crippen LogP contribution in [0.5, 0.6) is 0 Å². The summed E-state index contributed by atoms with van der Waals surface area (Å²) in [7, 11) is 0. The topological polar surface area (TPSA) is 54.0 Å². The first-order chi connectivity index (χ1) is 9.44. The summed E-state index contributed by atoms with van der Waals surface area (Å²) in [5.74, 6) is 0. The quantitative estimate of drug-likeness (QED) is 0.816. The van der Waals surface area contributed by atoms with Crippen LogP contribution < -0.4 is 5.32 Å². The molecule has 0 radical (unpaired) electrons. The Bertz CT molecular complexity index is 318. The Hall–Kier alpha value is -0.850. The molecule has 2 heterocycles. The Kier molecular flexibility index (Phi) is 5.23. The number of nitrogens with zero attached hydrogens (tertiary/aromatic N) is 2. The highest BCUT2D eigenvalue weighted by atomic mass is 16.6. The predicted octanol–water partition coefficient (Wildman–Crippen LogP) is 0.528. The molecule has 0 spiro atoms. The summed E-state index contributed by atoms with van der Waals surface area (Å²) in [5, 5.41) is 3.48. The second-order valence-corrected chi connectivity index (χ2v) is 6.49. The maximum atomic E-state index is 11.8. The fraction of sp³-hybridized carbons (Fsp3) is 0.929. The first-order valence-electron chi connectivity index (χ1n) is 7.45. The van der Waals surface area contributed by atoms with Gasteiger partial charge in [-0.1, -0.05) is 0 Å². The van der Waals surface area contributed by atoms with Gasteiger partial charge >= 0.3 is 6.09 Å². The minimum Gasteiger partial charge on any atom is -0.444 e. The Balaban J connectivity index is 1.54. The van der Waals surface area contributed by atoms with Crippen molar-refractivity contribution in [1.82, 2.24) is 15.1 Å². The minimum absolute atomic E-state index is 0.205. The van der Waals surface area contributed by atoms with Gasteiger partial charge in [-0.15, -0.1) is 0 Å². The van der Waals surface area contributed by atoms with Crippen LogP contribution in [0.25, 0.3) is 0 Å². The Morgan fingerprint density at radius 1 is 1.30 bits per heavy atom. The molecule has 0 atom stereocenters. The van der Waals surface area contributed by atoms with Crippen LogP contribution in [-0.4, -0.2) is 80.0 Å². The second kappa shape index (κ2) is 6.74. The van der Waals surface area contributed by atoms with Crippen LogP contribution in [0.1, 0.15) is 20.8 Å². The van der Waals surface area contributed by atoms with Crippen LogP contribution in [0, 0.1) is 0 Å². The van der Waals surface area contributed by atoms with Gasteiger partial charge in [0.2, 0.25) is 0 Å². The van der Waals surface area contributed by atoms with Crippen LogP contribution >= 0.6 is 0 Å². The van der Waals surface area contributed by atoms with Crippen molar-refractivity contribution in [2.45, 2.75) is 32.4 Å². The van der Waals surface area contributed by atoms with E-state index in [-0.39, 0.29) is 6.09 Å². The van der Waals surface area contributed by atoms with Gasteiger partial charge in [0.15, 0.2) is 0 Å². The standard InChI is InChI=1S/C14H27N3O3/c1-14(2,3)20-13(18)17-10-12(11-17)15-4-5-16-6-8-19-9-7-16/h12,15H,4-11H2,1-3H3. The van der Waals surface area contributed by atoms with E-state index in [1.165, 1.54) is 0 Å². The van der Waals surface area contributed by atoms with Crippen molar-refractivity contribution in [1.29, 1.82) is 0 Å². The number of hydrogen-bond donors (Lipinski definition) is 1. The summed E-state index contributed by atoms with van der Waals surface area (Å²) < 4.78 is 10.6. The van der Waals surface area contributed by atoms with Gasteiger partial charge in [-0.25, -0.2) is 4.79 Å². The third kappa shape index (κ3) is 4.92. The summed E-state index contributed by atoms with van der Waals surface area (Å²) in [6.45, 7) is 12.9. The van der Waals surface area contributed by atoms with Crippen LogP contribution in [0.4, 0.5) is 4.79 Å². The number of likely N-dealkylation sites (tertiary alicyclic amines) is 1. The molecule has 2 saturated heterocycles. The van der Waals surface area contributed by atoms with Crippen LogP contribution in [-0.2, 0) is 9.47 Å². The lowest BCUT2D eigenvalue weighted by atomic mass is 10.1. The zero-order chi connectivity index (χ0) is 14.6. The largest absolute Gasteiger partial charge is 0.444 e. The van der Waals surface area contributed by atoms with Crippen LogP contribution in [0.2, 0.25) is 0 Å². The van der Waals surface area contributed by atoms with E-state index in [4.69, 9.17) is 9.47 Å². The predicted molar refractivity (Wildman–Crippen MR) is 76.9 cm³/mol. The first-order valence-corrected chi connectivity index (χ1v) is 7.45. The lowest BCUT2D eigenvalue weighted by Gasteiger charge is -2.40. The molecule has 1 amide bonds. The number of hydrogen-bond acceptors (Lipinski definition) is 5. The molecule has 2 rings (SSSR count). The summed E-state index contributed by atoms with van der Waals surface area (Å²) >= 11 is 0. The van der Waals surface area contributed by atoms with Crippen LogP contribution in [0.3, 0.4) is 0 Å². The number of carbonyl (C=O) groups is 1. The van der Waals surface area contributed by atoms with Crippen molar-refractivity contribution in [3.63, 3.8) is 0 Å². The molecular weight excluding hydrogens is 258 g/mol. The van der Waals surface area contributed by atoms with Gasteiger partial charge in [-0.05, 0) is 20.8 Å². The number of morpholine rings is 1. The minimum atomic E-state index is -0.411. The Morgan fingerprint density at radius 3 is 2.55 bits per heavy atom.